The number of likely N-dealkylation sites (tertiary alicyclic amines) is 1. The number of hydrogen-bond acceptors (Lipinski definition) is 3. The van der Waals surface area contributed by atoms with E-state index in [0.717, 1.165) is 36.9 Å². The monoisotopic (exact) mass is 328 g/mol. The van der Waals surface area contributed by atoms with Gasteiger partial charge in [0.2, 0.25) is 0 Å². The fourth-order valence-corrected chi connectivity index (χ4v) is 2.89. The van der Waals surface area contributed by atoms with E-state index < -0.39 is 17.6 Å². The molecule has 1 aromatic carbocycles. The molecule has 2 aromatic rings. The number of nitrogens with zero attached hydrogens (tertiary/aromatic N) is 3. The summed E-state index contributed by atoms with van der Waals surface area (Å²) in [6, 6.07) is 2.56. The van der Waals surface area contributed by atoms with Crippen molar-refractivity contribution in [2.75, 3.05) is 13.1 Å². The Kier molecular flexibility index (Phi) is 4.34. The summed E-state index contributed by atoms with van der Waals surface area (Å²) in [4.78, 5) is 6.10. The number of piperidine rings is 1. The van der Waals surface area contributed by atoms with E-state index in [9.17, 15) is 17.6 Å². The maximum Gasteiger partial charge on any atom is 0.416 e. The van der Waals surface area contributed by atoms with Gasteiger partial charge in [0.05, 0.1) is 5.56 Å². The molecule has 0 aliphatic carbocycles. The molecular formula is C15H16F4N4. The minimum Gasteiger partial charge on any atom is -0.299 e. The van der Waals surface area contributed by atoms with E-state index in [4.69, 9.17) is 0 Å². The lowest BCUT2D eigenvalue weighted by molar-refractivity contribution is -0.137. The lowest BCUT2D eigenvalue weighted by Gasteiger charge is -2.31. The standard InChI is InChI=1S/C15H16F4N4/c16-13-2-1-12(15(17,18)19)7-11(13)8-23-5-3-10(4-6-23)14-20-9-21-22-14/h1-2,7,9-10H,3-6,8H2,(H,20,21,22). The van der Waals surface area contributed by atoms with E-state index >= 15 is 0 Å². The zero-order valence-corrected chi connectivity index (χ0v) is 12.3. The van der Waals surface area contributed by atoms with Crippen molar-refractivity contribution in [2.45, 2.75) is 31.5 Å². The van der Waals surface area contributed by atoms with Crippen molar-refractivity contribution in [1.29, 1.82) is 0 Å². The summed E-state index contributed by atoms with van der Waals surface area (Å²) < 4.78 is 52.0. The lowest BCUT2D eigenvalue weighted by Crippen LogP contribution is -2.33. The van der Waals surface area contributed by atoms with Gasteiger partial charge in [-0.2, -0.15) is 18.3 Å². The van der Waals surface area contributed by atoms with E-state index in [1.165, 1.54) is 6.33 Å². The van der Waals surface area contributed by atoms with Crippen molar-refractivity contribution in [3.63, 3.8) is 0 Å². The molecule has 23 heavy (non-hydrogen) atoms. The summed E-state index contributed by atoms with van der Waals surface area (Å²) in [6.45, 7) is 1.54. The van der Waals surface area contributed by atoms with Crippen molar-refractivity contribution >= 4 is 0 Å². The molecule has 0 amide bonds. The average Bonchev–Trinajstić information content (AvgIpc) is 3.03. The lowest BCUT2D eigenvalue weighted by atomic mass is 9.95. The predicted molar refractivity (Wildman–Crippen MR) is 75.0 cm³/mol. The quantitative estimate of drug-likeness (QED) is 0.879. The number of nitrogens with one attached hydrogen (secondary N) is 1. The van der Waals surface area contributed by atoms with Gasteiger partial charge in [-0.1, -0.05) is 0 Å². The van der Waals surface area contributed by atoms with Crippen LogP contribution in [0.4, 0.5) is 17.6 Å². The van der Waals surface area contributed by atoms with Gasteiger partial charge in [-0.05, 0) is 44.1 Å². The summed E-state index contributed by atoms with van der Waals surface area (Å²) in [5.41, 5.74) is -0.733. The molecule has 3 rings (SSSR count). The average molecular weight is 328 g/mol. The van der Waals surface area contributed by atoms with E-state index in [1.54, 1.807) is 0 Å². The van der Waals surface area contributed by atoms with E-state index in [1.807, 2.05) is 4.90 Å². The van der Waals surface area contributed by atoms with Gasteiger partial charge >= 0.3 is 6.18 Å². The van der Waals surface area contributed by atoms with Crippen molar-refractivity contribution in [1.82, 2.24) is 20.1 Å². The van der Waals surface area contributed by atoms with Crippen LogP contribution >= 0.6 is 0 Å². The van der Waals surface area contributed by atoms with Crippen molar-refractivity contribution < 1.29 is 17.6 Å². The maximum absolute atomic E-state index is 13.8. The van der Waals surface area contributed by atoms with Crippen LogP contribution in [-0.2, 0) is 12.7 Å². The summed E-state index contributed by atoms with van der Waals surface area (Å²) in [5, 5.41) is 6.66. The zero-order valence-electron chi connectivity index (χ0n) is 12.3. The first kappa shape index (κ1) is 15.9. The van der Waals surface area contributed by atoms with Crippen molar-refractivity contribution in [3.8, 4) is 0 Å². The highest BCUT2D eigenvalue weighted by Gasteiger charge is 2.31. The molecule has 0 bridgehead atoms. The molecule has 1 saturated heterocycles. The van der Waals surface area contributed by atoms with Gasteiger partial charge in [0.15, 0.2) is 0 Å². The Morgan fingerprint density at radius 2 is 1.96 bits per heavy atom. The Labute approximate surface area is 130 Å². The largest absolute Gasteiger partial charge is 0.416 e. The normalized spacial score (nSPS) is 17.6. The molecule has 4 nitrogen and oxygen atoms in total. The number of aromatic nitrogens is 3. The topological polar surface area (TPSA) is 44.8 Å². The molecule has 124 valence electrons. The van der Waals surface area contributed by atoms with E-state index in [2.05, 4.69) is 15.2 Å². The van der Waals surface area contributed by atoms with Crippen LogP contribution in [0.15, 0.2) is 24.5 Å². The highest BCUT2D eigenvalue weighted by Crippen LogP contribution is 2.31. The molecule has 0 radical (unpaired) electrons. The predicted octanol–water partition coefficient (Wildman–Crippen LogP) is 3.34. The Morgan fingerprint density at radius 1 is 1.22 bits per heavy atom. The number of aromatic amines is 1. The fraction of sp³-hybridized carbons (Fsp3) is 0.467. The van der Waals surface area contributed by atoms with Crippen LogP contribution in [0, 0.1) is 5.82 Å². The third kappa shape index (κ3) is 3.69. The molecule has 0 atom stereocenters. The van der Waals surface area contributed by atoms with Gasteiger partial charge < -0.3 is 0 Å². The minimum absolute atomic E-state index is 0.0814. The number of alkyl halides is 3. The number of benzene rings is 1. The van der Waals surface area contributed by atoms with Crippen molar-refractivity contribution in [2.24, 2.45) is 0 Å². The van der Waals surface area contributed by atoms with Gasteiger partial charge in [0.1, 0.15) is 18.0 Å². The highest BCUT2D eigenvalue weighted by atomic mass is 19.4. The molecule has 1 aliphatic rings. The van der Waals surface area contributed by atoms with Gasteiger partial charge in [0, 0.05) is 18.0 Å². The first-order valence-corrected chi connectivity index (χ1v) is 7.36. The molecule has 1 aliphatic heterocycles. The summed E-state index contributed by atoms with van der Waals surface area (Å²) in [5.74, 6) is 0.491. The molecule has 2 heterocycles. The highest BCUT2D eigenvalue weighted by molar-refractivity contribution is 5.27. The molecular weight excluding hydrogens is 312 g/mol. The molecule has 1 fully saturated rings. The summed E-state index contributed by atoms with van der Waals surface area (Å²) in [6.07, 6.45) is -1.37. The van der Waals surface area contributed by atoms with Crippen LogP contribution in [-0.4, -0.2) is 33.2 Å². The third-order valence-electron chi connectivity index (χ3n) is 4.17. The smallest absolute Gasteiger partial charge is 0.299 e. The fourth-order valence-electron chi connectivity index (χ4n) is 2.89. The third-order valence-corrected chi connectivity index (χ3v) is 4.17. The van der Waals surface area contributed by atoms with E-state index in [-0.39, 0.29) is 18.0 Å². The molecule has 0 unspecified atom stereocenters. The molecule has 0 spiro atoms. The zero-order chi connectivity index (χ0) is 16.4. The molecule has 8 heteroatoms. The molecule has 1 aromatic heterocycles. The van der Waals surface area contributed by atoms with Gasteiger partial charge in [-0.15, -0.1) is 0 Å². The molecule has 1 N–H and O–H groups in total. The van der Waals surface area contributed by atoms with Crippen LogP contribution < -0.4 is 0 Å². The Bertz CT molecular complexity index is 646. The summed E-state index contributed by atoms with van der Waals surface area (Å²) >= 11 is 0. The Balaban J connectivity index is 1.64. The van der Waals surface area contributed by atoms with Crippen molar-refractivity contribution in [3.05, 3.63) is 47.3 Å². The van der Waals surface area contributed by atoms with Gasteiger partial charge in [-0.3, -0.25) is 10.00 Å². The maximum atomic E-state index is 13.8. The van der Waals surface area contributed by atoms with Crippen LogP contribution in [0.5, 0.6) is 0 Å². The number of halogens is 4. The summed E-state index contributed by atoms with van der Waals surface area (Å²) in [7, 11) is 0. The number of rotatable bonds is 3. The Hall–Kier alpha value is -1.96. The Morgan fingerprint density at radius 3 is 2.57 bits per heavy atom. The van der Waals surface area contributed by atoms with Crippen LogP contribution in [0.1, 0.15) is 35.7 Å². The van der Waals surface area contributed by atoms with Crippen LogP contribution in [0.25, 0.3) is 0 Å². The first-order chi connectivity index (χ1) is 10.9. The first-order valence-electron chi connectivity index (χ1n) is 7.36. The number of H-pyrrole nitrogens is 1. The SMILES string of the molecule is Fc1ccc(C(F)(F)F)cc1CN1CCC(c2ncn[nH]2)CC1. The second-order valence-electron chi connectivity index (χ2n) is 5.73. The second-order valence-corrected chi connectivity index (χ2v) is 5.73. The minimum atomic E-state index is -4.46. The van der Waals surface area contributed by atoms with Gasteiger partial charge in [0.25, 0.3) is 0 Å². The van der Waals surface area contributed by atoms with Gasteiger partial charge in [-0.25, -0.2) is 9.37 Å². The van der Waals surface area contributed by atoms with Crippen LogP contribution in [0.2, 0.25) is 0 Å². The van der Waals surface area contributed by atoms with E-state index in [0.29, 0.717) is 13.1 Å². The van der Waals surface area contributed by atoms with Crippen LogP contribution in [0.3, 0.4) is 0 Å². The number of hydrogen-bond donors (Lipinski definition) is 1. The second kappa shape index (κ2) is 6.27. The molecule has 0 saturated carbocycles.